The molecular formula is C19H14FN3O7. The predicted octanol–water partition coefficient (Wildman–Crippen LogP) is 1.90. The average Bonchev–Trinajstić information content (AvgIpc) is 2.96. The minimum atomic E-state index is -0.876. The Labute approximate surface area is 168 Å². The fraction of sp³-hybridized carbons (Fsp3) is 0.158. The van der Waals surface area contributed by atoms with Crippen LogP contribution in [-0.4, -0.2) is 46.7 Å². The third-order valence-corrected chi connectivity index (χ3v) is 4.21. The molecule has 3 rings (SSSR count). The largest absolute Gasteiger partial charge is 0.456 e. The monoisotopic (exact) mass is 415 g/mol. The molecule has 10 nitrogen and oxygen atoms in total. The molecule has 0 saturated carbocycles. The molecule has 2 aromatic carbocycles. The highest BCUT2D eigenvalue weighted by molar-refractivity contribution is 6.21. The number of nitro benzene ring substituents is 1. The first-order valence-corrected chi connectivity index (χ1v) is 8.62. The maximum Gasteiger partial charge on any atom is 0.308 e. The zero-order valence-corrected chi connectivity index (χ0v) is 15.3. The van der Waals surface area contributed by atoms with Gasteiger partial charge in [0.1, 0.15) is 11.5 Å². The zero-order chi connectivity index (χ0) is 21.8. The van der Waals surface area contributed by atoms with Crippen molar-refractivity contribution in [2.75, 3.05) is 18.5 Å². The van der Waals surface area contributed by atoms with Gasteiger partial charge in [0.2, 0.25) is 0 Å². The molecule has 0 bridgehead atoms. The number of benzene rings is 2. The molecular weight excluding hydrogens is 401 g/mol. The van der Waals surface area contributed by atoms with E-state index in [1.807, 2.05) is 0 Å². The number of carbonyl (C=O) groups excluding carboxylic acids is 4. The minimum absolute atomic E-state index is 0.226. The fourth-order valence-corrected chi connectivity index (χ4v) is 2.81. The summed E-state index contributed by atoms with van der Waals surface area (Å²) >= 11 is 0. The minimum Gasteiger partial charge on any atom is -0.456 e. The van der Waals surface area contributed by atoms with E-state index in [-0.39, 0.29) is 29.8 Å². The standard InChI is InChI=1S/C19H14FN3O7/c20-11-5-6-14(15(9-11)23(28)29)21-16(24)10-30-17(25)7-8-22-18(26)12-3-1-2-4-13(12)19(22)27/h1-6,9H,7-8,10H2,(H,21,24). The van der Waals surface area contributed by atoms with Crippen molar-refractivity contribution in [2.45, 2.75) is 6.42 Å². The lowest BCUT2D eigenvalue weighted by atomic mass is 10.1. The van der Waals surface area contributed by atoms with E-state index in [0.29, 0.717) is 6.07 Å². The molecule has 154 valence electrons. The van der Waals surface area contributed by atoms with Crippen LogP contribution in [0.15, 0.2) is 42.5 Å². The first kappa shape index (κ1) is 20.6. The molecule has 0 aromatic heterocycles. The Morgan fingerprint density at radius 1 is 1.10 bits per heavy atom. The van der Waals surface area contributed by atoms with Crippen molar-refractivity contribution in [2.24, 2.45) is 0 Å². The van der Waals surface area contributed by atoms with Crippen molar-refractivity contribution >= 4 is 35.1 Å². The smallest absolute Gasteiger partial charge is 0.308 e. The molecule has 1 N–H and O–H groups in total. The Hall–Kier alpha value is -4.15. The van der Waals surface area contributed by atoms with Crippen LogP contribution in [0.4, 0.5) is 15.8 Å². The van der Waals surface area contributed by atoms with Crippen LogP contribution in [0.5, 0.6) is 0 Å². The van der Waals surface area contributed by atoms with E-state index in [9.17, 15) is 33.7 Å². The van der Waals surface area contributed by atoms with E-state index in [1.165, 1.54) is 12.1 Å². The molecule has 0 spiro atoms. The van der Waals surface area contributed by atoms with E-state index < -0.39 is 46.7 Å². The lowest BCUT2D eigenvalue weighted by Gasteiger charge is -2.13. The van der Waals surface area contributed by atoms with Crippen LogP contribution in [0.2, 0.25) is 0 Å². The molecule has 0 fully saturated rings. The second kappa shape index (κ2) is 8.47. The maximum absolute atomic E-state index is 13.1. The number of ether oxygens (including phenoxy) is 1. The van der Waals surface area contributed by atoms with E-state index >= 15 is 0 Å². The molecule has 1 heterocycles. The number of amides is 3. The van der Waals surface area contributed by atoms with Gasteiger partial charge >= 0.3 is 5.97 Å². The maximum atomic E-state index is 13.1. The molecule has 0 saturated heterocycles. The summed E-state index contributed by atoms with van der Waals surface area (Å²) in [6.45, 7) is -0.980. The molecule has 30 heavy (non-hydrogen) atoms. The SMILES string of the molecule is O=C(COC(=O)CCN1C(=O)c2ccccc2C1=O)Nc1ccc(F)cc1[N+](=O)[O-]. The number of hydrogen-bond acceptors (Lipinski definition) is 7. The van der Waals surface area contributed by atoms with E-state index in [4.69, 9.17) is 4.74 Å². The lowest BCUT2D eigenvalue weighted by molar-refractivity contribution is -0.384. The Morgan fingerprint density at radius 2 is 1.73 bits per heavy atom. The van der Waals surface area contributed by atoms with E-state index in [1.54, 1.807) is 12.1 Å². The molecule has 3 amide bonds. The fourth-order valence-electron chi connectivity index (χ4n) is 2.81. The second-order valence-electron chi connectivity index (χ2n) is 6.18. The first-order valence-electron chi connectivity index (χ1n) is 8.62. The Morgan fingerprint density at radius 3 is 2.33 bits per heavy atom. The highest BCUT2D eigenvalue weighted by Crippen LogP contribution is 2.25. The third-order valence-electron chi connectivity index (χ3n) is 4.21. The molecule has 0 unspecified atom stereocenters. The van der Waals surface area contributed by atoms with Gasteiger partial charge in [-0.25, -0.2) is 4.39 Å². The number of anilines is 1. The number of esters is 1. The van der Waals surface area contributed by atoms with Crippen molar-refractivity contribution in [1.29, 1.82) is 0 Å². The topological polar surface area (TPSA) is 136 Å². The van der Waals surface area contributed by atoms with Crippen molar-refractivity contribution < 1.29 is 33.2 Å². The van der Waals surface area contributed by atoms with Gasteiger partial charge in [0.05, 0.1) is 28.5 Å². The number of nitro groups is 1. The molecule has 0 radical (unpaired) electrons. The van der Waals surface area contributed by atoms with Crippen LogP contribution in [0.1, 0.15) is 27.1 Å². The number of nitrogens with zero attached hydrogens (tertiary/aromatic N) is 2. The summed E-state index contributed by atoms with van der Waals surface area (Å²) < 4.78 is 17.9. The molecule has 0 aliphatic carbocycles. The van der Waals surface area contributed by atoms with Gasteiger partial charge in [-0.15, -0.1) is 0 Å². The van der Waals surface area contributed by atoms with Crippen molar-refractivity contribution in [3.8, 4) is 0 Å². The normalized spacial score (nSPS) is 12.5. The number of halogens is 1. The Bertz CT molecular complexity index is 1030. The zero-order valence-electron chi connectivity index (χ0n) is 15.3. The predicted molar refractivity (Wildman–Crippen MR) is 99.1 cm³/mol. The number of nitrogens with one attached hydrogen (secondary N) is 1. The molecule has 1 aliphatic rings. The number of imide groups is 1. The summed E-state index contributed by atoms with van der Waals surface area (Å²) in [7, 11) is 0. The molecule has 2 aromatic rings. The van der Waals surface area contributed by atoms with Gasteiger partial charge in [-0.2, -0.15) is 0 Å². The van der Waals surface area contributed by atoms with Gasteiger partial charge in [0.25, 0.3) is 23.4 Å². The summed E-state index contributed by atoms with van der Waals surface area (Å²) in [4.78, 5) is 59.1. The van der Waals surface area contributed by atoms with Crippen LogP contribution >= 0.6 is 0 Å². The van der Waals surface area contributed by atoms with Crippen molar-refractivity contribution in [3.63, 3.8) is 0 Å². The van der Waals surface area contributed by atoms with Crippen LogP contribution in [-0.2, 0) is 14.3 Å². The highest BCUT2D eigenvalue weighted by atomic mass is 19.1. The van der Waals surface area contributed by atoms with Gasteiger partial charge in [-0.3, -0.25) is 34.2 Å². The summed E-state index contributed by atoms with van der Waals surface area (Å²) in [6, 6.07) is 8.83. The van der Waals surface area contributed by atoms with Gasteiger partial charge in [0.15, 0.2) is 6.61 Å². The highest BCUT2D eigenvalue weighted by Gasteiger charge is 2.35. The Kier molecular flexibility index (Phi) is 5.81. The van der Waals surface area contributed by atoms with Gasteiger partial charge in [-0.1, -0.05) is 12.1 Å². The van der Waals surface area contributed by atoms with Gasteiger partial charge in [-0.05, 0) is 24.3 Å². The van der Waals surface area contributed by atoms with Crippen LogP contribution in [0.25, 0.3) is 0 Å². The van der Waals surface area contributed by atoms with Crippen molar-refractivity contribution in [3.05, 3.63) is 69.5 Å². The lowest BCUT2D eigenvalue weighted by Crippen LogP contribution is -2.32. The number of hydrogen-bond donors (Lipinski definition) is 1. The second-order valence-corrected chi connectivity index (χ2v) is 6.18. The number of carbonyl (C=O) groups is 4. The molecule has 1 aliphatic heterocycles. The number of rotatable bonds is 7. The van der Waals surface area contributed by atoms with Crippen LogP contribution < -0.4 is 5.32 Å². The summed E-state index contributed by atoms with van der Waals surface area (Å²) in [5.41, 5.74) is -0.416. The van der Waals surface area contributed by atoms with E-state index in [2.05, 4.69) is 5.32 Å². The average molecular weight is 415 g/mol. The first-order chi connectivity index (χ1) is 14.3. The van der Waals surface area contributed by atoms with Crippen LogP contribution in [0.3, 0.4) is 0 Å². The number of fused-ring (bicyclic) bond motifs is 1. The third kappa shape index (κ3) is 4.29. The van der Waals surface area contributed by atoms with E-state index in [0.717, 1.165) is 17.0 Å². The summed E-state index contributed by atoms with van der Waals surface area (Å²) in [6.07, 6.45) is -0.338. The van der Waals surface area contributed by atoms with Crippen molar-refractivity contribution in [1.82, 2.24) is 4.90 Å². The molecule has 0 atom stereocenters. The van der Waals surface area contributed by atoms with Gasteiger partial charge in [0, 0.05) is 6.54 Å². The van der Waals surface area contributed by atoms with Gasteiger partial charge < -0.3 is 10.1 Å². The molecule has 11 heteroatoms. The Balaban J connectivity index is 1.50. The quantitative estimate of drug-likeness (QED) is 0.316. The van der Waals surface area contributed by atoms with Crippen LogP contribution in [0, 0.1) is 15.9 Å². The summed E-state index contributed by atoms with van der Waals surface area (Å²) in [5.74, 6) is -3.62. The summed E-state index contributed by atoms with van der Waals surface area (Å²) in [5, 5.41) is 13.1.